The van der Waals surface area contributed by atoms with E-state index in [1.54, 1.807) is 0 Å². The van der Waals surface area contributed by atoms with Crippen molar-refractivity contribution in [3.63, 3.8) is 0 Å². The van der Waals surface area contributed by atoms with Gasteiger partial charge in [0.2, 0.25) is 12.2 Å². The summed E-state index contributed by atoms with van der Waals surface area (Å²) in [6.07, 6.45) is -7.94. The van der Waals surface area contributed by atoms with E-state index in [1.807, 2.05) is 35.2 Å². The van der Waals surface area contributed by atoms with Gasteiger partial charge in [0.25, 0.3) is 0 Å². The monoisotopic (exact) mass is 460 g/mol. The molecule has 0 bridgehead atoms. The first-order chi connectivity index (χ1) is 15.0. The first-order valence-corrected chi connectivity index (χ1v) is 9.76. The Balaban J connectivity index is 0.000000534. The van der Waals surface area contributed by atoms with Crippen molar-refractivity contribution in [3.8, 4) is 0 Å². The molecule has 1 amide bonds. The number of hydrogen-bond donors (Lipinski definition) is 1. The molecule has 0 radical (unpaired) electrons. The van der Waals surface area contributed by atoms with Crippen LogP contribution in [-0.4, -0.2) is 37.5 Å². The number of nitrogens with zero attached hydrogens (tertiary/aromatic N) is 1. The van der Waals surface area contributed by atoms with Crippen LogP contribution in [0.3, 0.4) is 0 Å². The third-order valence-corrected chi connectivity index (χ3v) is 4.69. The van der Waals surface area contributed by atoms with E-state index >= 15 is 0 Å². The van der Waals surface area contributed by atoms with Crippen LogP contribution >= 0.6 is 0 Å². The molecule has 2 aromatic carbocycles. The summed E-state index contributed by atoms with van der Waals surface area (Å²) >= 11 is 0. The molecular weight excluding hydrogens is 438 g/mol. The van der Waals surface area contributed by atoms with Crippen LogP contribution < -0.4 is 10.2 Å². The molecule has 1 fully saturated rings. The van der Waals surface area contributed by atoms with Gasteiger partial charge in [-0.1, -0.05) is 30.3 Å². The highest BCUT2D eigenvalue weighted by Crippen LogP contribution is 2.31. The summed E-state index contributed by atoms with van der Waals surface area (Å²) in [5, 5.41) is 3.04. The van der Waals surface area contributed by atoms with E-state index in [9.17, 15) is 31.1 Å². The van der Waals surface area contributed by atoms with Crippen LogP contribution in [0.4, 0.5) is 32.0 Å². The summed E-state index contributed by atoms with van der Waals surface area (Å²) in [5.41, 5.74) is 1.06. The van der Waals surface area contributed by atoms with Gasteiger partial charge in [-0.05, 0) is 42.7 Å². The lowest BCUT2D eigenvalue weighted by Gasteiger charge is -2.35. The average Bonchev–Trinajstić information content (AvgIpc) is 2.74. The zero-order chi connectivity index (χ0) is 23.8. The predicted molar refractivity (Wildman–Crippen MR) is 107 cm³/mol. The number of benzene rings is 2. The number of anilines is 1. The molecule has 1 heterocycles. The molecule has 0 aliphatic carbocycles. The number of amides is 1. The highest BCUT2D eigenvalue weighted by Gasteiger charge is 2.30. The van der Waals surface area contributed by atoms with E-state index < -0.39 is 24.2 Å². The Morgan fingerprint density at radius 1 is 1.00 bits per heavy atom. The molecule has 1 saturated heterocycles. The van der Waals surface area contributed by atoms with Gasteiger partial charge in [0.15, 0.2) is 0 Å². The number of aldehydes is 1. The van der Waals surface area contributed by atoms with E-state index in [2.05, 4.69) is 5.32 Å². The van der Waals surface area contributed by atoms with Crippen molar-refractivity contribution in [3.05, 3.63) is 65.7 Å². The number of nitrogens with one attached hydrogen (secondary N) is 1. The molecule has 2 aromatic rings. The first-order valence-electron chi connectivity index (χ1n) is 9.76. The molecule has 3 rings (SSSR count). The summed E-state index contributed by atoms with van der Waals surface area (Å²) < 4.78 is 69.3. The lowest BCUT2D eigenvalue weighted by molar-refractivity contribution is -0.156. The fourth-order valence-corrected chi connectivity index (χ4v) is 3.25. The molecule has 0 spiro atoms. The Hall–Kier alpha value is -3.04. The van der Waals surface area contributed by atoms with E-state index in [4.69, 9.17) is 4.79 Å². The third-order valence-electron chi connectivity index (χ3n) is 4.69. The molecule has 10 heteroatoms. The van der Waals surface area contributed by atoms with Crippen LogP contribution in [0.1, 0.15) is 24.0 Å². The number of halogens is 6. The molecule has 0 unspecified atom stereocenters. The van der Waals surface area contributed by atoms with Crippen molar-refractivity contribution < 1.29 is 35.9 Å². The van der Waals surface area contributed by atoms with Gasteiger partial charge >= 0.3 is 12.4 Å². The lowest BCUT2D eigenvalue weighted by atomic mass is 10.0. The van der Waals surface area contributed by atoms with E-state index in [0.29, 0.717) is 13.0 Å². The Bertz CT molecular complexity index is 867. The van der Waals surface area contributed by atoms with Crippen LogP contribution in [-0.2, 0) is 22.2 Å². The Kier molecular flexibility index (Phi) is 8.68. The van der Waals surface area contributed by atoms with Crippen LogP contribution in [0.25, 0.3) is 0 Å². The number of rotatable bonds is 4. The van der Waals surface area contributed by atoms with Gasteiger partial charge in [-0.3, -0.25) is 9.59 Å². The summed E-state index contributed by atoms with van der Waals surface area (Å²) in [6.45, 7) is 1.38. The maximum atomic E-state index is 12.7. The Morgan fingerprint density at radius 3 is 2.12 bits per heavy atom. The minimum atomic E-state index is -4.64. The van der Waals surface area contributed by atoms with Crippen LogP contribution in [0, 0.1) is 0 Å². The van der Waals surface area contributed by atoms with Crippen molar-refractivity contribution in [2.45, 2.75) is 37.7 Å². The quantitative estimate of drug-likeness (QED) is 0.528. The summed E-state index contributed by atoms with van der Waals surface area (Å²) in [4.78, 5) is 23.0. The molecular formula is C22H22F6N2O2. The summed E-state index contributed by atoms with van der Waals surface area (Å²) in [5.74, 6) is -0.0320. The van der Waals surface area contributed by atoms with Gasteiger partial charge in [-0.25, -0.2) is 0 Å². The maximum Gasteiger partial charge on any atom is 0.446 e. The fraction of sp³-hybridized carbons (Fsp3) is 0.364. The second-order valence-electron chi connectivity index (χ2n) is 7.22. The van der Waals surface area contributed by atoms with Gasteiger partial charge in [0.1, 0.15) is 0 Å². The Labute approximate surface area is 181 Å². The molecule has 1 atom stereocenters. The highest BCUT2D eigenvalue weighted by atomic mass is 19.4. The van der Waals surface area contributed by atoms with Gasteiger partial charge in [0.05, 0.1) is 12.0 Å². The standard InChI is InChI=1S/C20H21F3N2O.C2HF3O/c21-20(22,23)16-8-10-18(11-9-16)25-12-4-7-17(14-25)24-19(26)13-15-5-2-1-3-6-15;3-2(4,5)1-6/h1-3,5-6,8-11,17H,4,7,12-14H2,(H,24,26);1H/t17-;/m0./s1. The van der Waals surface area contributed by atoms with Crippen molar-refractivity contribution in [2.24, 2.45) is 0 Å². The molecule has 4 nitrogen and oxygen atoms in total. The molecule has 1 aliphatic rings. The Morgan fingerprint density at radius 2 is 1.59 bits per heavy atom. The molecule has 1 aliphatic heterocycles. The van der Waals surface area contributed by atoms with Crippen LogP contribution in [0.15, 0.2) is 54.6 Å². The fourth-order valence-electron chi connectivity index (χ4n) is 3.25. The van der Waals surface area contributed by atoms with Crippen molar-refractivity contribution >= 4 is 17.9 Å². The molecule has 0 saturated carbocycles. The number of hydrogen-bond acceptors (Lipinski definition) is 3. The third kappa shape index (κ3) is 8.60. The van der Waals surface area contributed by atoms with Crippen molar-refractivity contribution in [1.82, 2.24) is 5.32 Å². The normalized spacial score (nSPS) is 16.6. The second-order valence-corrected chi connectivity index (χ2v) is 7.22. The smallest absolute Gasteiger partial charge is 0.369 e. The minimum Gasteiger partial charge on any atom is -0.369 e. The van der Waals surface area contributed by atoms with Crippen LogP contribution in [0.2, 0.25) is 0 Å². The number of alkyl halides is 6. The topological polar surface area (TPSA) is 49.4 Å². The number of carbonyl (C=O) groups excluding carboxylic acids is 2. The van der Waals surface area contributed by atoms with Crippen molar-refractivity contribution in [1.29, 1.82) is 0 Å². The highest BCUT2D eigenvalue weighted by molar-refractivity contribution is 5.79. The lowest BCUT2D eigenvalue weighted by Crippen LogP contribution is -2.48. The largest absolute Gasteiger partial charge is 0.446 e. The minimum absolute atomic E-state index is 0.00209. The van der Waals surface area contributed by atoms with Crippen molar-refractivity contribution in [2.75, 3.05) is 18.0 Å². The van der Waals surface area contributed by atoms with Gasteiger partial charge in [-0.15, -0.1) is 0 Å². The zero-order valence-corrected chi connectivity index (χ0v) is 16.9. The SMILES string of the molecule is O=C(Cc1ccccc1)N[C@H]1CCCN(c2ccc(C(F)(F)F)cc2)C1.O=CC(F)(F)F. The predicted octanol–water partition coefficient (Wildman–Crippen LogP) is 4.78. The van der Waals surface area contributed by atoms with E-state index in [0.717, 1.165) is 42.8 Å². The van der Waals surface area contributed by atoms with Crippen LogP contribution in [0.5, 0.6) is 0 Å². The zero-order valence-electron chi connectivity index (χ0n) is 16.9. The van der Waals surface area contributed by atoms with E-state index in [1.165, 1.54) is 12.1 Å². The molecule has 1 N–H and O–H groups in total. The summed E-state index contributed by atoms with van der Waals surface area (Å²) in [7, 11) is 0. The summed E-state index contributed by atoms with van der Waals surface area (Å²) in [6, 6.07) is 14.7. The molecule has 174 valence electrons. The number of carbonyl (C=O) groups is 2. The molecule has 0 aromatic heterocycles. The number of piperidine rings is 1. The van der Waals surface area contributed by atoms with E-state index in [-0.39, 0.29) is 11.9 Å². The second kappa shape index (κ2) is 11.0. The maximum absolute atomic E-state index is 12.7. The van der Waals surface area contributed by atoms with Gasteiger partial charge in [0, 0.05) is 24.8 Å². The molecule has 32 heavy (non-hydrogen) atoms. The van der Waals surface area contributed by atoms with Gasteiger partial charge in [-0.2, -0.15) is 26.3 Å². The first kappa shape index (κ1) is 25.2. The average molecular weight is 460 g/mol. The van der Waals surface area contributed by atoms with Gasteiger partial charge < -0.3 is 10.2 Å².